The Hall–Kier alpha value is -1.16. The predicted molar refractivity (Wildman–Crippen MR) is 83.9 cm³/mol. The summed E-state index contributed by atoms with van der Waals surface area (Å²) in [5.41, 5.74) is 0. The smallest absolute Gasteiger partial charge is 0.139 e. The van der Waals surface area contributed by atoms with E-state index in [4.69, 9.17) is 4.74 Å². The molecule has 21 heavy (non-hydrogen) atoms. The maximum absolute atomic E-state index is 12.3. The van der Waals surface area contributed by atoms with E-state index in [9.17, 15) is 9.00 Å². The first kappa shape index (κ1) is 14.8. The first-order valence-electron chi connectivity index (χ1n) is 7.84. The van der Waals surface area contributed by atoms with E-state index in [1.165, 1.54) is 6.42 Å². The number of hydrogen-bond acceptors (Lipinski definition) is 3. The maximum Gasteiger partial charge on any atom is 0.139 e. The highest BCUT2D eigenvalue weighted by atomic mass is 32.2. The van der Waals surface area contributed by atoms with Crippen LogP contribution in [0.5, 0.6) is 5.75 Å². The number of hydrogen-bond donors (Lipinski definition) is 0. The molecule has 2 fully saturated rings. The van der Waals surface area contributed by atoms with Gasteiger partial charge in [0.1, 0.15) is 11.5 Å². The first-order chi connectivity index (χ1) is 10.2. The van der Waals surface area contributed by atoms with E-state index in [-0.39, 0.29) is 16.4 Å². The Bertz CT molecular complexity index is 498. The molecule has 1 aromatic carbocycles. The van der Waals surface area contributed by atoms with Crippen molar-refractivity contribution in [2.24, 2.45) is 5.92 Å². The highest BCUT2D eigenvalue weighted by Gasteiger charge is 2.40. The van der Waals surface area contributed by atoms with Crippen LogP contribution in [0.3, 0.4) is 0 Å². The summed E-state index contributed by atoms with van der Waals surface area (Å²) in [4.78, 5) is 12.3. The van der Waals surface area contributed by atoms with Crippen LogP contribution in [-0.4, -0.2) is 27.1 Å². The maximum atomic E-state index is 12.3. The van der Waals surface area contributed by atoms with E-state index < -0.39 is 10.8 Å². The number of benzene rings is 1. The van der Waals surface area contributed by atoms with Gasteiger partial charge in [0.05, 0.1) is 6.61 Å². The summed E-state index contributed by atoms with van der Waals surface area (Å²) in [6, 6.07) is 9.60. The third kappa shape index (κ3) is 3.54. The summed E-state index contributed by atoms with van der Waals surface area (Å²) in [6.45, 7) is 0.442. The average Bonchev–Trinajstić information content (AvgIpc) is 2.48. The molecule has 0 aliphatic carbocycles. The molecule has 0 radical (unpaired) electrons. The molecule has 0 N–H and O–H groups in total. The number of ketones is 1. The average molecular weight is 306 g/mol. The van der Waals surface area contributed by atoms with Crippen LogP contribution < -0.4 is 4.74 Å². The van der Waals surface area contributed by atoms with Gasteiger partial charge in [0, 0.05) is 33.6 Å². The number of Topliss-reactive ketones (excluding diaryl/α,β-unsaturated/α-hetero) is 1. The van der Waals surface area contributed by atoms with Gasteiger partial charge >= 0.3 is 0 Å². The highest BCUT2D eigenvalue weighted by molar-refractivity contribution is 7.86. The van der Waals surface area contributed by atoms with Gasteiger partial charge in [-0.15, -0.1) is 0 Å². The lowest BCUT2D eigenvalue weighted by molar-refractivity contribution is -0.124. The van der Waals surface area contributed by atoms with Gasteiger partial charge in [-0.05, 0) is 37.8 Å². The zero-order valence-electron chi connectivity index (χ0n) is 12.2. The molecule has 4 heteroatoms. The SMILES string of the molecule is O=C(CCOc1ccccc1)C1CC2CCCC(C1)S2=O. The van der Waals surface area contributed by atoms with Crippen molar-refractivity contribution < 1.29 is 13.7 Å². The van der Waals surface area contributed by atoms with Crippen LogP contribution in [0.2, 0.25) is 0 Å². The molecule has 2 aliphatic rings. The molecule has 0 amide bonds. The lowest BCUT2D eigenvalue weighted by Crippen LogP contribution is -2.41. The lowest BCUT2D eigenvalue weighted by atomic mass is 9.86. The molecule has 2 unspecified atom stereocenters. The zero-order chi connectivity index (χ0) is 14.7. The predicted octanol–water partition coefficient (Wildman–Crippen LogP) is 3.10. The number of carbonyl (C=O) groups is 1. The van der Waals surface area contributed by atoms with Gasteiger partial charge in [0.25, 0.3) is 0 Å². The summed E-state index contributed by atoms with van der Waals surface area (Å²) in [5.74, 6) is 1.21. The molecule has 1 aromatic rings. The van der Waals surface area contributed by atoms with Crippen LogP contribution in [0.25, 0.3) is 0 Å². The second-order valence-electron chi connectivity index (χ2n) is 6.05. The molecule has 2 heterocycles. The van der Waals surface area contributed by atoms with Gasteiger partial charge in [-0.3, -0.25) is 9.00 Å². The minimum Gasteiger partial charge on any atom is -0.493 e. The number of para-hydroxylation sites is 1. The van der Waals surface area contributed by atoms with Crippen LogP contribution in [0.4, 0.5) is 0 Å². The third-order valence-electron chi connectivity index (χ3n) is 4.62. The minimum absolute atomic E-state index is 0.109. The fraction of sp³-hybridized carbons (Fsp3) is 0.588. The summed E-state index contributed by atoms with van der Waals surface area (Å²) < 4.78 is 17.8. The second-order valence-corrected chi connectivity index (χ2v) is 8.04. The van der Waals surface area contributed by atoms with Crippen molar-refractivity contribution in [1.29, 1.82) is 0 Å². The third-order valence-corrected chi connectivity index (χ3v) is 6.79. The minimum atomic E-state index is -0.692. The van der Waals surface area contributed by atoms with E-state index in [1.54, 1.807) is 0 Å². The summed E-state index contributed by atoms with van der Waals surface area (Å²) >= 11 is 0. The van der Waals surface area contributed by atoms with Crippen molar-refractivity contribution >= 4 is 16.6 Å². The molecule has 0 saturated carbocycles. The summed E-state index contributed by atoms with van der Waals surface area (Å²) in [7, 11) is -0.692. The Labute approximate surface area is 128 Å². The Morgan fingerprint density at radius 3 is 2.48 bits per heavy atom. The van der Waals surface area contributed by atoms with E-state index >= 15 is 0 Å². The topological polar surface area (TPSA) is 43.4 Å². The van der Waals surface area contributed by atoms with Crippen LogP contribution in [0, 0.1) is 5.92 Å². The molecule has 2 aliphatic heterocycles. The standard InChI is InChI=1S/C17H22O3S/c18-17(9-10-20-14-5-2-1-3-6-14)13-11-15-7-4-8-16(12-13)21(15)19/h1-3,5-6,13,15-16H,4,7-12H2. The van der Waals surface area contributed by atoms with Gasteiger partial charge in [-0.1, -0.05) is 24.6 Å². The van der Waals surface area contributed by atoms with Crippen LogP contribution in [0.1, 0.15) is 38.5 Å². The van der Waals surface area contributed by atoms with Gasteiger partial charge in [-0.25, -0.2) is 0 Å². The number of rotatable bonds is 5. The second kappa shape index (κ2) is 6.73. The molecule has 0 spiro atoms. The number of fused-ring (bicyclic) bond motifs is 2. The van der Waals surface area contributed by atoms with E-state index in [1.807, 2.05) is 30.3 Å². The normalized spacial score (nSPS) is 31.6. The fourth-order valence-electron chi connectivity index (χ4n) is 3.49. The van der Waals surface area contributed by atoms with Crippen LogP contribution >= 0.6 is 0 Å². The Morgan fingerprint density at radius 2 is 1.81 bits per heavy atom. The van der Waals surface area contributed by atoms with Crippen molar-refractivity contribution in [1.82, 2.24) is 0 Å². The number of carbonyl (C=O) groups excluding carboxylic acids is 1. The molecule has 114 valence electrons. The van der Waals surface area contributed by atoms with Crippen molar-refractivity contribution in [3.8, 4) is 5.75 Å². The lowest BCUT2D eigenvalue weighted by Gasteiger charge is -2.37. The van der Waals surface area contributed by atoms with Crippen molar-refractivity contribution in [2.75, 3.05) is 6.61 Å². The molecule has 2 atom stereocenters. The molecule has 3 nitrogen and oxygen atoms in total. The van der Waals surface area contributed by atoms with Gasteiger partial charge in [-0.2, -0.15) is 0 Å². The molecule has 0 aromatic heterocycles. The first-order valence-corrected chi connectivity index (χ1v) is 9.11. The molecule has 2 saturated heterocycles. The van der Waals surface area contributed by atoms with Crippen molar-refractivity contribution in [3.63, 3.8) is 0 Å². The summed E-state index contributed by atoms with van der Waals surface area (Å²) in [5, 5.41) is 0.531. The molecule has 2 bridgehead atoms. The highest BCUT2D eigenvalue weighted by Crippen LogP contribution is 2.37. The van der Waals surface area contributed by atoms with Gasteiger partial charge in [0.2, 0.25) is 0 Å². The Morgan fingerprint density at radius 1 is 1.14 bits per heavy atom. The monoisotopic (exact) mass is 306 g/mol. The Kier molecular flexibility index (Phi) is 4.73. The molecule has 3 rings (SSSR count). The van der Waals surface area contributed by atoms with E-state index in [0.29, 0.717) is 18.8 Å². The number of ether oxygens (including phenoxy) is 1. The Balaban J connectivity index is 1.49. The largest absolute Gasteiger partial charge is 0.493 e. The van der Waals surface area contributed by atoms with Gasteiger partial charge in [0.15, 0.2) is 0 Å². The van der Waals surface area contributed by atoms with E-state index in [2.05, 4.69) is 0 Å². The molecular weight excluding hydrogens is 284 g/mol. The van der Waals surface area contributed by atoms with Crippen LogP contribution in [0.15, 0.2) is 30.3 Å². The van der Waals surface area contributed by atoms with Crippen molar-refractivity contribution in [3.05, 3.63) is 30.3 Å². The molecular formula is C17H22O3S. The van der Waals surface area contributed by atoms with Gasteiger partial charge < -0.3 is 4.74 Å². The van der Waals surface area contributed by atoms with Crippen molar-refractivity contribution in [2.45, 2.75) is 49.0 Å². The quantitative estimate of drug-likeness (QED) is 0.839. The zero-order valence-corrected chi connectivity index (χ0v) is 13.0. The van der Waals surface area contributed by atoms with Crippen LogP contribution in [-0.2, 0) is 15.6 Å². The summed E-state index contributed by atoms with van der Waals surface area (Å²) in [6.07, 6.45) is 5.37. The van der Waals surface area contributed by atoms with E-state index in [0.717, 1.165) is 31.4 Å². The fourth-order valence-corrected chi connectivity index (χ4v) is 5.67.